The summed E-state index contributed by atoms with van der Waals surface area (Å²) in [6, 6.07) is 3.62. The van der Waals surface area contributed by atoms with Crippen molar-refractivity contribution in [1.82, 2.24) is 25.2 Å². The summed E-state index contributed by atoms with van der Waals surface area (Å²) in [5.74, 6) is 0.0280. The molecule has 2 rings (SSSR count). The Morgan fingerprint density at radius 3 is 2.84 bits per heavy atom. The molecule has 0 aliphatic carbocycles. The van der Waals surface area contributed by atoms with Crippen LogP contribution >= 0.6 is 0 Å². The van der Waals surface area contributed by atoms with Crippen LogP contribution < -0.4 is 0 Å². The van der Waals surface area contributed by atoms with Crippen LogP contribution in [0.2, 0.25) is 0 Å². The van der Waals surface area contributed by atoms with Gasteiger partial charge in [-0.15, -0.1) is 5.10 Å². The molecule has 7 nitrogen and oxygen atoms in total. The molecule has 2 heterocycles. The molecule has 0 aliphatic rings. The first-order chi connectivity index (χ1) is 9.13. The second-order valence-corrected chi connectivity index (χ2v) is 4.07. The lowest BCUT2D eigenvalue weighted by Gasteiger charge is -2.13. The number of hydrogen-bond acceptors (Lipinski definition) is 6. The van der Waals surface area contributed by atoms with E-state index in [4.69, 9.17) is 4.74 Å². The normalized spacial score (nSPS) is 12.2. The number of carbonyl (C=O) groups excluding carboxylic acids is 1. The maximum Gasteiger partial charge on any atom is 0.313 e. The number of aromatic nitrogens is 5. The van der Waals surface area contributed by atoms with E-state index in [1.54, 1.807) is 19.9 Å². The quantitative estimate of drug-likeness (QED) is 0.764. The average Bonchev–Trinajstić information content (AvgIpc) is 2.92. The Labute approximate surface area is 110 Å². The molecule has 0 fully saturated rings. The van der Waals surface area contributed by atoms with Crippen LogP contribution in [0.5, 0.6) is 0 Å². The largest absolute Gasteiger partial charge is 0.466 e. The zero-order valence-electron chi connectivity index (χ0n) is 11.1. The predicted molar refractivity (Wildman–Crippen MR) is 66.7 cm³/mol. The van der Waals surface area contributed by atoms with E-state index in [1.165, 1.54) is 11.0 Å². The van der Waals surface area contributed by atoms with Crippen LogP contribution in [-0.4, -0.2) is 37.8 Å². The fourth-order valence-corrected chi connectivity index (χ4v) is 1.80. The van der Waals surface area contributed by atoms with Crippen molar-refractivity contribution in [1.29, 1.82) is 0 Å². The van der Waals surface area contributed by atoms with E-state index in [-0.39, 0.29) is 11.9 Å². The number of aryl methyl sites for hydroxylation is 1. The van der Waals surface area contributed by atoms with Crippen LogP contribution in [0.25, 0.3) is 5.82 Å². The minimum Gasteiger partial charge on any atom is -0.466 e. The molecule has 0 aromatic carbocycles. The zero-order valence-corrected chi connectivity index (χ0v) is 11.1. The van der Waals surface area contributed by atoms with Crippen LogP contribution in [-0.2, 0) is 9.53 Å². The summed E-state index contributed by atoms with van der Waals surface area (Å²) in [5, 5.41) is 10.9. The lowest BCUT2D eigenvalue weighted by atomic mass is 10.00. The van der Waals surface area contributed by atoms with E-state index in [0.29, 0.717) is 12.4 Å². The summed E-state index contributed by atoms with van der Waals surface area (Å²) in [6.45, 7) is 5.81. The number of ether oxygens (including phenoxy) is 1. The topological polar surface area (TPSA) is 82.8 Å². The second-order valence-electron chi connectivity index (χ2n) is 4.07. The Morgan fingerprint density at radius 2 is 2.26 bits per heavy atom. The van der Waals surface area contributed by atoms with Crippen LogP contribution in [0.1, 0.15) is 31.0 Å². The second kappa shape index (κ2) is 5.55. The van der Waals surface area contributed by atoms with Gasteiger partial charge >= 0.3 is 5.97 Å². The van der Waals surface area contributed by atoms with E-state index in [1.807, 2.05) is 13.0 Å². The standard InChI is InChI=1S/C12H15N5O2/c1-4-19-12(18)8(2)10-5-6-11(14-9(10)3)17-7-13-15-16-17/h5-8H,4H2,1-3H3/t8-/m0/s1. The van der Waals surface area contributed by atoms with Crippen molar-refractivity contribution in [2.24, 2.45) is 0 Å². The minimum atomic E-state index is -0.338. The fraction of sp³-hybridized carbons (Fsp3) is 0.417. The number of carbonyl (C=O) groups is 1. The van der Waals surface area contributed by atoms with Gasteiger partial charge in [0.25, 0.3) is 0 Å². The number of hydrogen-bond donors (Lipinski definition) is 0. The van der Waals surface area contributed by atoms with Gasteiger partial charge in [0.2, 0.25) is 0 Å². The van der Waals surface area contributed by atoms with Gasteiger partial charge in [-0.1, -0.05) is 6.07 Å². The van der Waals surface area contributed by atoms with E-state index < -0.39 is 0 Å². The molecule has 0 saturated carbocycles. The van der Waals surface area contributed by atoms with Gasteiger partial charge in [-0.05, 0) is 42.8 Å². The smallest absolute Gasteiger partial charge is 0.313 e. The monoisotopic (exact) mass is 261 g/mol. The number of pyridine rings is 1. The van der Waals surface area contributed by atoms with Crippen LogP contribution in [0, 0.1) is 6.92 Å². The molecule has 19 heavy (non-hydrogen) atoms. The fourth-order valence-electron chi connectivity index (χ4n) is 1.80. The highest BCUT2D eigenvalue weighted by atomic mass is 16.5. The lowest BCUT2D eigenvalue weighted by Crippen LogP contribution is -2.15. The molecule has 0 radical (unpaired) electrons. The Kier molecular flexibility index (Phi) is 3.84. The lowest BCUT2D eigenvalue weighted by molar-refractivity contribution is -0.144. The molecular weight excluding hydrogens is 246 g/mol. The molecule has 0 unspecified atom stereocenters. The number of nitrogens with zero attached hydrogens (tertiary/aromatic N) is 5. The molecule has 1 atom stereocenters. The molecule has 0 aliphatic heterocycles. The molecule has 0 amide bonds. The molecule has 0 spiro atoms. The van der Waals surface area contributed by atoms with Gasteiger partial charge in [-0.25, -0.2) is 4.98 Å². The van der Waals surface area contributed by atoms with Gasteiger partial charge in [0.1, 0.15) is 6.33 Å². The number of tetrazole rings is 1. The summed E-state index contributed by atoms with van der Waals surface area (Å²) in [4.78, 5) is 16.1. The highest BCUT2D eigenvalue weighted by Gasteiger charge is 2.19. The molecule has 2 aromatic heterocycles. The minimum absolute atomic E-state index is 0.248. The Balaban J connectivity index is 2.27. The predicted octanol–water partition coefficient (Wildman–Crippen LogP) is 1.03. The molecule has 7 heteroatoms. The summed E-state index contributed by atoms with van der Waals surface area (Å²) < 4.78 is 6.48. The van der Waals surface area contributed by atoms with E-state index in [9.17, 15) is 4.79 Å². The van der Waals surface area contributed by atoms with Gasteiger partial charge in [-0.2, -0.15) is 4.68 Å². The molecule has 0 bridgehead atoms. The summed E-state index contributed by atoms with van der Waals surface area (Å²) in [6.07, 6.45) is 1.47. The molecule has 2 aromatic rings. The third-order valence-electron chi connectivity index (χ3n) is 2.80. The van der Waals surface area contributed by atoms with Crippen LogP contribution in [0.15, 0.2) is 18.5 Å². The molecule has 100 valence electrons. The van der Waals surface area contributed by atoms with Gasteiger partial charge in [0.15, 0.2) is 5.82 Å². The van der Waals surface area contributed by atoms with E-state index in [2.05, 4.69) is 20.5 Å². The van der Waals surface area contributed by atoms with Crippen molar-refractivity contribution in [2.75, 3.05) is 6.61 Å². The third-order valence-corrected chi connectivity index (χ3v) is 2.80. The maximum atomic E-state index is 11.7. The first-order valence-electron chi connectivity index (χ1n) is 6.01. The average molecular weight is 261 g/mol. The number of esters is 1. The molecular formula is C12H15N5O2. The maximum absolute atomic E-state index is 11.7. The highest BCUT2D eigenvalue weighted by molar-refractivity contribution is 5.78. The van der Waals surface area contributed by atoms with E-state index >= 15 is 0 Å². The Morgan fingerprint density at radius 1 is 1.47 bits per heavy atom. The summed E-state index contributed by atoms with van der Waals surface area (Å²) in [5.41, 5.74) is 1.60. The Bertz CT molecular complexity index is 568. The Hall–Kier alpha value is -2.31. The highest BCUT2D eigenvalue weighted by Crippen LogP contribution is 2.20. The van der Waals surface area contributed by atoms with Crippen molar-refractivity contribution in [3.05, 3.63) is 29.7 Å². The van der Waals surface area contributed by atoms with Crippen molar-refractivity contribution >= 4 is 5.97 Å². The van der Waals surface area contributed by atoms with Crippen molar-refractivity contribution in [2.45, 2.75) is 26.7 Å². The third kappa shape index (κ3) is 2.75. The SMILES string of the molecule is CCOC(=O)[C@@H](C)c1ccc(-n2cnnn2)nc1C. The van der Waals surface area contributed by atoms with Crippen molar-refractivity contribution in [3.63, 3.8) is 0 Å². The van der Waals surface area contributed by atoms with Gasteiger partial charge < -0.3 is 4.74 Å². The van der Waals surface area contributed by atoms with Gasteiger partial charge in [0.05, 0.1) is 12.5 Å². The van der Waals surface area contributed by atoms with Gasteiger partial charge in [0, 0.05) is 5.69 Å². The first-order valence-corrected chi connectivity index (χ1v) is 6.01. The van der Waals surface area contributed by atoms with E-state index in [0.717, 1.165) is 11.3 Å². The first kappa shape index (κ1) is 13.1. The molecule has 0 N–H and O–H groups in total. The van der Waals surface area contributed by atoms with Crippen molar-refractivity contribution in [3.8, 4) is 5.82 Å². The van der Waals surface area contributed by atoms with Gasteiger partial charge in [-0.3, -0.25) is 4.79 Å². The van der Waals surface area contributed by atoms with Crippen LogP contribution in [0.4, 0.5) is 0 Å². The zero-order chi connectivity index (χ0) is 13.8. The number of rotatable bonds is 4. The summed E-state index contributed by atoms with van der Waals surface area (Å²) >= 11 is 0. The van der Waals surface area contributed by atoms with Crippen molar-refractivity contribution < 1.29 is 9.53 Å². The molecule has 0 saturated heterocycles. The summed E-state index contributed by atoms with van der Waals surface area (Å²) in [7, 11) is 0. The van der Waals surface area contributed by atoms with Crippen LogP contribution in [0.3, 0.4) is 0 Å².